The van der Waals surface area contributed by atoms with Crippen molar-refractivity contribution in [1.82, 2.24) is 0 Å². The summed E-state index contributed by atoms with van der Waals surface area (Å²) in [5, 5.41) is 19.0. The highest BCUT2D eigenvalue weighted by atomic mass is 16.5. The van der Waals surface area contributed by atoms with E-state index < -0.39 is 0 Å². The molecule has 0 aromatic carbocycles. The fourth-order valence-electron chi connectivity index (χ4n) is 2.02. The zero-order valence-electron chi connectivity index (χ0n) is 10.2. The van der Waals surface area contributed by atoms with Gasteiger partial charge in [0.2, 0.25) is 0 Å². The normalized spacial score (nSPS) is 37.6. The molecule has 15 heavy (non-hydrogen) atoms. The molecule has 1 aliphatic rings. The molecule has 2 N–H and O–H groups in total. The van der Waals surface area contributed by atoms with E-state index in [2.05, 4.69) is 0 Å². The molecule has 1 aliphatic heterocycles. The van der Waals surface area contributed by atoms with Gasteiger partial charge in [0.15, 0.2) is 0 Å². The molecule has 1 rings (SSSR count). The Morgan fingerprint density at radius 2 is 2.07 bits per heavy atom. The van der Waals surface area contributed by atoms with Gasteiger partial charge in [-0.25, -0.2) is 0 Å². The maximum absolute atomic E-state index is 10.0. The van der Waals surface area contributed by atoms with Gasteiger partial charge in [-0.15, -0.1) is 0 Å². The van der Waals surface area contributed by atoms with Crippen molar-refractivity contribution in [3.63, 3.8) is 0 Å². The minimum Gasteiger partial charge on any atom is -0.396 e. The van der Waals surface area contributed by atoms with Crippen LogP contribution >= 0.6 is 0 Å². The second kappa shape index (κ2) is 4.81. The van der Waals surface area contributed by atoms with E-state index in [1.165, 1.54) is 0 Å². The van der Waals surface area contributed by atoms with E-state index in [0.717, 1.165) is 6.42 Å². The Hall–Kier alpha value is -0.120. The zero-order chi connectivity index (χ0) is 11.6. The first-order valence-electron chi connectivity index (χ1n) is 5.82. The molecule has 2 unspecified atom stereocenters. The Labute approximate surface area is 92.4 Å². The predicted octanol–water partition coefficient (Wildman–Crippen LogP) is 1.57. The van der Waals surface area contributed by atoms with Crippen LogP contribution in [0, 0.1) is 11.3 Å². The molecule has 1 fully saturated rings. The van der Waals surface area contributed by atoms with Crippen molar-refractivity contribution >= 4 is 0 Å². The van der Waals surface area contributed by atoms with Crippen LogP contribution in [0.2, 0.25) is 0 Å². The van der Waals surface area contributed by atoms with Crippen molar-refractivity contribution in [3.8, 4) is 0 Å². The highest BCUT2D eigenvalue weighted by molar-refractivity contribution is 4.90. The highest BCUT2D eigenvalue weighted by Crippen LogP contribution is 2.37. The number of aliphatic hydroxyl groups excluding tert-OH is 2. The third-order valence-corrected chi connectivity index (χ3v) is 3.77. The molecule has 0 aromatic heterocycles. The lowest BCUT2D eigenvalue weighted by molar-refractivity contribution is -0.170. The van der Waals surface area contributed by atoms with Crippen LogP contribution in [0.15, 0.2) is 0 Å². The minimum atomic E-state index is -0.308. The first-order valence-corrected chi connectivity index (χ1v) is 5.82. The average molecular weight is 216 g/mol. The van der Waals surface area contributed by atoms with E-state index in [4.69, 9.17) is 9.84 Å². The van der Waals surface area contributed by atoms with Crippen LogP contribution < -0.4 is 0 Å². The van der Waals surface area contributed by atoms with Gasteiger partial charge in [-0.3, -0.25) is 0 Å². The molecule has 0 bridgehead atoms. The van der Waals surface area contributed by atoms with Gasteiger partial charge in [0.05, 0.1) is 18.3 Å². The Bertz CT molecular complexity index is 189. The SMILES string of the molecule is CC(CO)C[C@@H]1C[C@H](O)C(C)(C)C(C)O1. The Morgan fingerprint density at radius 3 is 2.53 bits per heavy atom. The predicted molar refractivity (Wildman–Crippen MR) is 59.6 cm³/mol. The van der Waals surface area contributed by atoms with Gasteiger partial charge in [-0.05, 0) is 19.3 Å². The molecule has 0 saturated carbocycles. The standard InChI is InChI=1S/C12H24O3/c1-8(7-13)5-10-6-11(14)12(3,4)9(2)15-10/h8-11,13-14H,5-7H2,1-4H3/t8?,9?,10-,11+/m1/s1. The fourth-order valence-corrected chi connectivity index (χ4v) is 2.02. The number of hydrogen-bond donors (Lipinski definition) is 2. The van der Waals surface area contributed by atoms with Gasteiger partial charge in [-0.2, -0.15) is 0 Å². The molecule has 1 heterocycles. The average Bonchev–Trinajstić information content (AvgIpc) is 2.15. The smallest absolute Gasteiger partial charge is 0.0640 e. The van der Waals surface area contributed by atoms with Crippen LogP contribution in [-0.4, -0.2) is 35.1 Å². The molecule has 0 aromatic rings. The third-order valence-electron chi connectivity index (χ3n) is 3.77. The van der Waals surface area contributed by atoms with Crippen molar-refractivity contribution in [2.75, 3.05) is 6.61 Å². The summed E-state index contributed by atoms with van der Waals surface area (Å²) in [5.41, 5.74) is -0.168. The highest BCUT2D eigenvalue weighted by Gasteiger charge is 2.41. The summed E-state index contributed by atoms with van der Waals surface area (Å²) in [5.74, 6) is 0.246. The summed E-state index contributed by atoms with van der Waals surface area (Å²) in [7, 11) is 0. The molecule has 3 nitrogen and oxygen atoms in total. The van der Waals surface area contributed by atoms with Gasteiger partial charge in [0.25, 0.3) is 0 Å². The van der Waals surface area contributed by atoms with Gasteiger partial charge in [0.1, 0.15) is 0 Å². The van der Waals surface area contributed by atoms with E-state index in [1.54, 1.807) is 0 Å². The third kappa shape index (κ3) is 2.92. The van der Waals surface area contributed by atoms with Crippen LogP contribution in [0.3, 0.4) is 0 Å². The maximum Gasteiger partial charge on any atom is 0.0640 e. The summed E-state index contributed by atoms with van der Waals surface area (Å²) >= 11 is 0. The number of aliphatic hydroxyl groups is 2. The van der Waals surface area contributed by atoms with Crippen molar-refractivity contribution in [2.45, 2.75) is 58.8 Å². The van der Waals surface area contributed by atoms with Crippen LogP contribution in [0.1, 0.15) is 40.5 Å². The maximum atomic E-state index is 10.0. The van der Waals surface area contributed by atoms with E-state index in [1.807, 2.05) is 27.7 Å². The lowest BCUT2D eigenvalue weighted by Gasteiger charge is -2.44. The Balaban J connectivity index is 2.53. The van der Waals surface area contributed by atoms with Crippen molar-refractivity contribution in [1.29, 1.82) is 0 Å². The minimum absolute atomic E-state index is 0.0668. The summed E-state index contributed by atoms with van der Waals surface area (Å²) in [6.45, 7) is 8.27. The second-order valence-electron chi connectivity index (χ2n) is 5.50. The molecule has 4 atom stereocenters. The lowest BCUT2D eigenvalue weighted by Crippen LogP contribution is -2.49. The Kier molecular flexibility index (Phi) is 4.15. The van der Waals surface area contributed by atoms with Gasteiger partial charge < -0.3 is 14.9 Å². The Morgan fingerprint density at radius 1 is 1.47 bits per heavy atom. The van der Waals surface area contributed by atoms with E-state index in [9.17, 15) is 5.11 Å². The van der Waals surface area contributed by atoms with Gasteiger partial charge in [0, 0.05) is 18.4 Å². The quantitative estimate of drug-likeness (QED) is 0.753. The number of hydrogen-bond acceptors (Lipinski definition) is 3. The monoisotopic (exact) mass is 216 g/mol. The van der Waals surface area contributed by atoms with Crippen LogP contribution in [-0.2, 0) is 4.74 Å². The molecule has 3 heteroatoms. The molecule has 0 amide bonds. The van der Waals surface area contributed by atoms with E-state index >= 15 is 0 Å². The van der Waals surface area contributed by atoms with Gasteiger partial charge >= 0.3 is 0 Å². The summed E-state index contributed by atoms with van der Waals surface area (Å²) in [6.07, 6.45) is 1.36. The molecular weight excluding hydrogens is 192 g/mol. The van der Waals surface area contributed by atoms with Gasteiger partial charge in [-0.1, -0.05) is 20.8 Å². The van der Waals surface area contributed by atoms with E-state index in [0.29, 0.717) is 6.42 Å². The summed E-state index contributed by atoms with van der Waals surface area (Å²) in [6, 6.07) is 0. The second-order valence-corrected chi connectivity index (χ2v) is 5.50. The first-order chi connectivity index (χ1) is 6.87. The van der Waals surface area contributed by atoms with Crippen molar-refractivity contribution in [2.24, 2.45) is 11.3 Å². The molecule has 90 valence electrons. The van der Waals surface area contributed by atoms with Crippen molar-refractivity contribution < 1.29 is 14.9 Å². The summed E-state index contributed by atoms with van der Waals surface area (Å²) in [4.78, 5) is 0. The zero-order valence-corrected chi connectivity index (χ0v) is 10.2. The molecule has 1 saturated heterocycles. The van der Waals surface area contributed by atoms with E-state index in [-0.39, 0.29) is 36.3 Å². The molecule has 0 radical (unpaired) electrons. The van der Waals surface area contributed by atoms with Crippen LogP contribution in [0.25, 0.3) is 0 Å². The van der Waals surface area contributed by atoms with Crippen molar-refractivity contribution in [3.05, 3.63) is 0 Å². The topological polar surface area (TPSA) is 49.7 Å². The number of ether oxygens (including phenoxy) is 1. The fraction of sp³-hybridized carbons (Fsp3) is 1.00. The molecule has 0 aliphatic carbocycles. The first kappa shape index (κ1) is 12.9. The summed E-state index contributed by atoms with van der Waals surface area (Å²) < 4.78 is 5.87. The van der Waals surface area contributed by atoms with Crippen LogP contribution in [0.5, 0.6) is 0 Å². The van der Waals surface area contributed by atoms with Crippen LogP contribution in [0.4, 0.5) is 0 Å². The molecule has 0 spiro atoms. The molecular formula is C12H24O3. The largest absolute Gasteiger partial charge is 0.396 e. The lowest BCUT2D eigenvalue weighted by atomic mass is 9.76. The number of rotatable bonds is 3.